The van der Waals surface area contributed by atoms with Crippen LogP contribution in [0.3, 0.4) is 0 Å². The molecule has 0 aliphatic rings. The summed E-state index contributed by atoms with van der Waals surface area (Å²) in [5.41, 5.74) is 6.43. The summed E-state index contributed by atoms with van der Waals surface area (Å²) in [4.78, 5) is 0. The molecule has 0 amide bonds. The van der Waals surface area contributed by atoms with Gasteiger partial charge in [-0.1, -0.05) is 23.3 Å². The molecule has 0 fully saturated rings. The van der Waals surface area contributed by atoms with Crippen LogP contribution in [-0.4, -0.2) is 26.5 Å². The number of nitrogens with zero attached hydrogens (tertiary/aromatic N) is 4. The van der Waals surface area contributed by atoms with Crippen molar-refractivity contribution in [3.8, 4) is 0 Å². The molecule has 0 spiro atoms. The minimum absolute atomic E-state index is 0. The number of aromatic nitrogens is 4. The molecular weight excluding hydrogens is 316 g/mol. The van der Waals surface area contributed by atoms with Crippen LogP contribution in [0.1, 0.15) is 26.2 Å². The number of nitrogens with two attached hydrogens (primary N) is 1. The Morgan fingerprint density at radius 1 is 1.26 bits per heavy atom. The van der Waals surface area contributed by atoms with Crippen molar-refractivity contribution < 1.29 is 4.42 Å². The van der Waals surface area contributed by atoms with E-state index in [0.29, 0.717) is 11.9 Å². The first-order valence-electron chi connectivity index (χ1n) is 7.31. The van der Waals surface area contributed by atoms with Gasteiger partial charge in [0, 0.05) is 18.5 Å². The number of hydrogen-bond donors (Lipinski definition) is 2. The van der Waals surface area contributed by atoms with Gasteiger partial charge in [0.05, 0.1) is 17.3 Å². The molecule has 0 unspecified atom stereocenters. The molecule has 0 bridgehead atoms. The van der Waals surface area contributed by atoms with Gasteiger partial charge in [-0.3, -0.25) is 4.68 Å². The summed E-state index contributed by atoms with van der Waals surface area (Å²) in [6.07, 6.45) is 2.78. The number of nitrogens with one attached hydrogen (secondary N) is 1. The molecule has 0 atom stereocenters. The molecule has 124 valence electrons. The first-order valence-corrected chi connectivity index (χ1v) is 7.31. The Hall–Kier alpha value is -2.12. The summed E-state index contributed by atoms with van der Waals surface area (Å²) in [5, 5.41) is 16.5. The topological polar surface area (TPSA) is 94.8 Å². The highest BCUT2D eigenvalue weighted by Crippen LogP contribution is 2.17. The molecule has 23 heavy (non-hydrogen) atoms. The number of fused-ring (bicyclic) bond motifs is 1. The number of aryl methyl sites for hydroxylation is 1. The van der Waals surface area contributed by atoms with Crippen molar-refractivity contribution in [3.05, 3.63) is 36.4 Å². The highest BCUT2D eigenvalue weighted by molar-refractivity contribution is 5.85. The Labute approximate surface area is 140 Å². The zero-order valence-corrected chi connectivity index (χ0v) is 14.0. The number of anilines is 1. The molecule has 3 rings (SSSR count). The van der Waals surface area contributed by atoms with Gasteiger partial charge < -0.3 is 15.5 Å². The highest BCUT2D eigenvalue weighted by Gasteiger charge is 2.21. The van der Waals surface area contributed by atoms with Crippen molar-refractivity contribution >= 4 is 29.3 Å². The van der Waals surface area contributed by atoms with Gasteiger partial charge in [-0.05, 0) is 26.3 Å². The summed E-state index contributed by atoms with van der Waals surface area (Å²) in [6.45, 7) is 5.20. The average Bonchev–Trinajstić information content (AvgIpc) is 3.10. The van der Waals surface area contributed by atoms with E-state index < -0.39 is 5.54 Å². The summed E-state index contributed by atoms with van der Waals surface area (Å²) < 4.78 is 7.47. The fourth-order valence-electron chi connectivity index (χ4n) is 2.18. The van der Waals surface area contributed by atoms with Crippen LogP contribution >= 0.6 is 12.4 Å². The van der Waals surface area contributed by atoms with Gasteiger partial charge >= 0.3 is 6.01 Å². The van der Waals surface area contributed by atoms with Crippen molar-refractivity contribution in [1.29, 1.82) is 0 Å². The van der Waals surface area contributed by atoms with Gasteiger partial charge in [-0.15, -0.1) is 17.5 Å². The highest BCUT2D eigenvalue weighted by atomic mass is 35.5. The van der Waals surface area contributed by atoms with E-state index in [2.05, 4.69) is 32.7 Å². The van der Waals surface area contributed by atoms with Crippen molar-refractivity contribution in [2.24, 2.45) is 5.73 Å². The third-order valence-corrected chi connectivity index (χ3v) is 3.35. The summed E-state index contributed by atoms with van der Waals surface area (Å²) in [6, 6.07) is 8.57. The predicted octanol–water partition coefficient (Wildman–Crippen LogP) is 2.54. The number of para-hydroxylation sites is 1. The second-order valence-electron chi connectivity index (χ2n) is 5.84. The van der Waals surface area contributed by atoms with E-state index in [1.54, 1.807) is 0 Å². The van der Waals surface area contributed by atoms with Crippen LogP contribution < -0.4 is 11.1 Å². The summed E-state index contributed by atoms with van der Waals surface area (Å²) in [7, 11) is 0. The summed E-state index contributed by atoms with van der Waals surface area (Å²) >= 11 is 0. The Morgan fingerprint density at radius 3 is 2.78 bits per heavy atom. The van der Waals surface area contributed by atoms with Crippen LogP contribution in [0.4, 0.5) is 6.01 Å². The van der Waals surface area contributed by atoms with E-state index in [1.165, 1.54) is 0 Å². The third kappa shape index (κ3) is 4.00. The van der Waals surface area contributed by atoms with E-state index in [1.807, 2.05) is 36.9 Å². The van der Waals surface area contributed by atoms with Gasteiger partial charge in [0.25, 0.3) is 0 Å². The van der Waals surface area contributed by atoms with Gasteiger partial charge in [0.15, 0.2) is 0 Å². The van der Waals surface area contributed by atoms with Crippen molar-refractivity contribution in [2.45, 2.75) is 32.4 Å². The number of benzene rings is 1. The van der Waals surface area contributed by atoms with E-state index in [9.17, 15) is 0 Å². The quantitative estimate of drug-likeness (QED) is 0.672. The molecule has 8 heteroatoms. The molecule has 3 N–H and O–H groups in total. The lowest BCUT2D eigenvalue weighted by molar-refractivity contribution is 0.384. The lowest BCUT2D eigenvalue weighted by atomic mass is 10.1. The average molecular weight is 337 g/mol. The second kappa shape index (κ2) is 6.97. The van der Waals surface area contributed by atoms with Crippen LogP contribution in [0.15, 0.2) is 34.9 Å². The van der Waals surface area contributed by atoms with Crippen molar-refractivity contribution in [3.63, 3.8) is 0 Å². The molecule has 0 aliphatic heterocycles. The van der Waals surface area contributed by atoms with Gasteiger partial charge in [0.1, 0.15) is 0 Å². The molecule has 0 radical (unpaired) electrons. The Bertz CT molecular complexity index is 761. The van der Waals surface area contributed by atoms with Crippen LogP contribution in [0, 0.1) is 0 Å². The predicted molar refractivity (Wildman–Crippen MR) is 91.6 cm³/mol. The lowest BCUT2D eigenvalue weighted by Gasteiger charge is -2.11. The number of hydrogen-bond acceptors (Lipinski definition) is 6. The molecular formula is C15H21ClN6O. The van der Waals surface area contributed by atoms with Crippen LogP contribution in [0.2, 0.25) is 0 Å². The summed E-state index contributed by atoms with van der Waals surface area (Å²) in [5.74, 6) is 0.424. The van der Waals surface area contributed by atoms with Crippen LogP contribution in [0.5, 0.6) is 0 Å². The van der Waals surface area contributed by atoms with Crippen LogP contribution in [-0.2, 0) is 12.1 Å². The standard InChI is InChI=1S/C15H20N6O.ClH/c1-15(2,16)13-19-20-14(22-13)17-8-5-9-21-12-7-4-3-6-11(12)10-18-21;/h3-4,6-7,10H,5,8-9,16H2,1-2H3,(H,17,20);1H. The smallest absolute Gasteiger partial charge is 0.315 e. The zero-order valence-electron chi connectivity index (χ0n) is 13.2. The van der Waals surface area contributed by atoms with Crippen molar-refractivity contribution in [1.82, 2.24) is 20.0 Å². The number of rotatable bonds is 6. The van der Waals surface area contributed by atoms with Crippen molar-refractivity contribution in [2.75, 3.05) is 11.9 Å². The van der Waals surface area contributed by atoms with Crippen LogP contribution in [0.25, 0.3) is 10.9 Å². The molecule has 3 aromatic rings. The molecule has 0 saturated heterocycles. The monoisotopic (exact) mass is 336 g/mol. The van der Waals surface area contributed by atoms with E-state index in [4.69, 9.17) is 10.2 Å². The minimum atomic E-state index is -0.624. The second-order valence-corrected chi connectivity index (χ2v) is 5.84. The first-order chi connectivity index (χ1) is 10.5. The molecule has 2 heterocycles. The fraction of sp³-hybridized carbons (Fsp3) is 0.400. The maximum Gasteiger partial charge on any atom is 0.315 e. The normalized spacial score (nSPS) is 11.4. The SMILES string of the molecule is CC(C)(N)c1nnc(NCCCn2ncc3ccccc32)o1.Cl. The largest absolute Gasteiger partial charge is 0.406 e. The molecule has 7 nitrogen and oxygen atoms in total. The lowest BCUT2D eigenvalue weighted by Crippen LogP contribution is -2.29. The minimum Gasteiger partial charge on any atom is -0.406 e. The Kier molecular flexibility index (Phi) is 5.23. The van der Waals surface area contributed by atoms with Gasteiger partial charge in [-0.25, -0.2) is 0 Å². The zero-order chi connectivity index (χ0) is 15.6. The fourth-order valence-corrected chi connectivity index (χ4v) is 2.18. The first kappa shape index (κ1) is 17.2. The Balaban J connectivity index is 0.00000192. The molecule has 2 aromatic heterocycles. The third-order valence-electron chi connectivity index (χ3n) is 3.35. The van der Waals surface area contributed by atoms with E-state index >= 15 is 0 Å². The number of halogens is 1. The molecule has 0 aliphatic carbocycles. The van der Waals surface area contributed by atoms with E-state index in [0.717, 1.165) is 30.4 Å². The maximum absolute atomic E-state index is 5.91. The molecule has 1 aromatic carbocycles. The molecule has 0 saturated carbocycles. The van der Waals surface area contributed by atoms with E-state index in [-0.39, 0.29) is 12.4 Å². The van der Waals surface area contributed by atoms with Gasteiger partial charge in [0.2, 0.25) is 5.89 Å². The maximum atomic E-state index is 5.91. The Morgan fingerprint density at radius 2 is 2.04 bits per heavy atom. The van der Waals surface area contributed by atoms with Gasteiger partial charge in [-0.2, -0.15) is 5.10 Å².